The standard InChI is InChI=1S/C21H23ClN8O2S/c1-3-12-4-5-13(32-2)14(10-12)33-30-8-6-21(7-9-30)11-25-20(29-21)28-19(31)15-17(23)27-18(24)16(22)26-15/h1,4-5,10H,6-9,11H2,2H3,(H4,23,24,27)(H2,25,28,29,31). The number of benzene rings is 1. The number of guanidine groups is 1. The van der Waals surface area contributed by atoms with Crippen molar-refractivity contribution in [2.45, 2.75) is 23.3 Å². The largest absolute Gasteiger partial charge is 0.496 e. The highest BCUT2D eigenvalue weighted by molar-refractivity contribution is 7.97. The molecule has 3 heterocycles. The summed E-state index contributed by atoms with van der Waals surface area (Å²) in [6.07, 6.45) is 7.22. The van der Waals surface area contributed by atoms with Gasteiger partial charge >= 0.3 is 0 Å². The number of nitrogens with two attached hydrogens (primary N) is 2. The fourth-order valence-electron chi connectivity index (χ4n) is 3.67. The van der Waals surface area contributed by atoms with Gasteiger partial charge < -0.3 is 21.5 Å². The van der Waals surface area contributed by atoms with E-state index in [9.17, 15) is 4.79 Å². The van der Waals surface area contributed by atoms with Gasteiger partial charge in [0.1, 0.15) is 5.75 Å². The lowest BCUT2D eigenvalue weighted by molar-refractivity contribution is 0.0971. The molecule has 12 heteroatoms. The van der Waals surface area contributed by atoms with Crippen molar-refractivity contribution in [2.75, 3.05) is 38.2 Å². The van der Waals surface area contributed by atoms with E-state index in [1.54, 1.807) is 19.1 Å². The number of hydrogen-bond acceptors (Lipinski definition) is 10. The van der Waals surface area contributed by atoms with Gasteiger partial charge in [-0.05, 0) is 43.0 Å². The molecule has 1 aromatic carbocycles. The molecule has 1 saturated heterocycles. The summed E-state index contributed by atoms with van der Waals surface area (Å²) in [7, 11) is 1.65. The van der Waals surface area contributed by atoms with Gasteiger partial charge in [0.15, 0.2) is 28.4 Å². The van der Waals surface area contributed by atoms with Crippen LogP contribution in [0.25, 0.3) is 0 Å². The maximum atomic E-state index is 12.6. The average molecular weight is 487 g/mol. The van der Waals surface area contributed by atoms with E-state index in [0.29, 0.717) is 12.5 Å². The lowest BCUT2D eigenvalue weighted by Gasteiger charge is -2.38. The van der Waals surface area contributed by atoms with Crippen molar-refractivity contribution >= 4 is 47.1 Å². The molecule has 4 rings (SSSR count). The SMILES string of the molecule is C#Cc1ccc(OC)c(SN2CCC3(CC2)CN=C(NC(=O)c2nc(Cl)c(N)nc2N)N3)c1. The molecule has 1 aromatic heterocycles. The van der Waals surface area contributed by atoms with E-state index in [1.807, 2.05) is 18.2 Å². The summed E-state index contributed by atoms with van der Waals surface area (Å²) < 4.78 is 7.74. The van der Waals surface area contributed by atoms with E-state index >= 15 is 0 Å². The highest BCUT2D eigenvalue weighted by Crippen LogP contribution is 2.36. The summed E-state index contributed by atoms with van der Waals surface area (Å²) in [5.41, 5.74) is 11.8. The van der Waals surface area contributed by atoms with Crippen LogP contribution in [0.1, 0.15) is 28.9 Å². The Kier molecular flexibility index (Phi) is 6.51. The van der Waals surface area contributed by atoms with Crippen molar-refractivity contribution in [1.29, 1.82) is 0 Å². The Morgan fingerprint density at radius 2 is 2.09 bits per heavy atom. The molecule has 0 bridgehead atoms. The van der Waals surface area contributed by atoms with Crippen molar-refractivity contribution in [3.63, 3.8) is 0 Å². The van der Waals surface area contributed by atoms with Crippen molar-refractivity contribution in [1.82, 2.24) is 24.9 Å². The summed E-state index contributed by atoms with van der Waals surface area (Å²) in [6, 6.07) is 5.70. The molecule has 1 fully saturated rings. The minimum atomic E-state index is -0.557. The van der Waals surface area contributed by atoms with E-state index in [2.05, 4.69) is 35.8 Å². The second-order valence-electron chi connectivity index (χ2n) is 7.69. The number of terminal acetylenes is 1. The van der Waals surface area contributed by atoms with Crippen LogP contribution in [-0.4, -0.2) is 58.4 Å². The third-order valence-electron chi connectivity index (χ3n) is 5.51. The summed E-state index contributed by atoms with van der Waals surface area (Å²) in [5.74, 6) is 3.13. The topological polar surface area (TPSA) is 144 Å². The number of nitrogens with one attached hydrogen (secondary N) is 2. The molecule has 10 nitrogen and oxygen atoms in total. The molecular weight excluding hydrogens is 464 g/mol. The molecule has 2 aliphatic rings. The van der Waals surface area contributed by atoms with E-state index < -0.39 is 5.91 Å². The average Bonchev–Trinajstić information content (AvgIpc) is 3.19. The summed E-state index contributed by atoms with van der Waals surface area (Å²) in [6.45, 7) is 2.20. The quantitative estimate of drug-likeness (QED) is 0.373. The van der Waals surface area contributed by atoms with Crippen LogP contribution in [0.5, 0.6) is 5.75 Å². The van der Waals surface area contributed by atoms with Gasteiger partial charge in [0.05, 0.1) is 24.1 Å². The van der Waals surface area contributed by atoms with Crippen LogP contribution in [0.2, 0.25) is 5.15 Å². The second-order valence-corrected chi connectivity index (χ2v) is 9.18. The van der Waals surface area contributed by atoms with Crippen molar-refractivity contribution in [2.24, 2.45) is 4.99 Å². The van der Waals surface area contributed by atoms with E-state index in [-0.39, 0.29) is 28.0 Å². The predicted molar refractivity (Wildman–Crippen MR) is 129 cm³/mol. The second kappa shape index (κ2) is 9.35. The number of hydrogen-bond donors (Lipinski definition) is 4. The minimum absolute atomic E-state index is 0.0331. The number of piperidine rings is 1. The Labute approximate surface area is 200 Å². The van der Waals surface area contributed by atoms with Gasteiger partial charge in [0.2, 0.25) is 0 Å². The van der Waals surface area contributed by atoms with Gasteiger partial charge in [-0.15, -0.1) is 6.42 Å². The first-order valence-electron chi connectivity index (χ1n) is 10.1. The fraction of sp³-hybridized carbons (Fsp3) is 0.333. The number of carbonyl (C=O) groups is 1. The molecule has 1 spiro atoms. The van der Waals surface area contributed by atoms with Crippen molar-refractivity contribution in [3.05, 3.63) is 34.6 Å². The van der Waals surface area contributed by atoms with Crippen LogP contribution < -0.4 is 26.8 Å². The van der Waals surface area contributed by atoms with Gasteiger partial charge in [-0.3, -0.25) is 15.1 Å². The fourth-order valence-corrected chi connectivity index (χ4v) is 4.86. The number of carbonyl (C=O) groups excluding carboxylic acids is 1. The summed E-state index contributed by atoms with van der Waals surface area (Å²) in [4.78, 5) is 25.8. The summed E-state index contributed by atoms with van der Waals surface area (Å²) in [5, 5.41) is 5.98. The first-order valence-corrected chi connectivity index (χ1v) is 11.3. The van der Waals surface area contributed by atoms with Crippen LogP contribution in [0, 0.1) is 12.3 Å². The maximum absolute atomic E-state index is 12.6. The summed E-state index contributed by atoms with van der Waals surface area (Å²) >= 11 is 7.49. The van der Waals surface area contributed by atoms with Crippen LogP contribution in [0.15, 0.2) is 28.1 Å². The number of nitrogens with zero attached hydrogens (tertiary/aromatic N) is 4. The van der Waals surface area contributed by atoms with Gasteiger partial charge in [-0.2, -0.15) is 0 Å². The number of anilines is 2. The van der Waals surface area contributed by atoms with Crippen LogP contribution in [-0.2, 0) is 0 Å². The third kappa shape index (κ3) is 4.93. The number of nitrogen functional groups attached to an aromatic ring is 2. The van der Waals surface area contributed by atoms with Gasteiger partial charge in [0.25, 0.3) is 5.91 Å². The molecule has 0 aliphatic carbocycles. The molecule has 33 heavy (non-hydrogen) atoms. The molecule has 2 aromatic rings. The molecule has 1 amide bonds. The number of amides is 1. The van der Waals surface area contributed by atoms with E-state index in [4.69, 9.17) is 34.2 Å². The molecule has 0 radical (unpaired) electrons. The van der Waals surface area contributed by atoms with Crippen molar-refractivity contribution in [3.8, 4) is 18.1 Å². The minimum Gasteiger partial charge on any atom is -0.496 e. The first kappa shape index (κ1) is 23.0. The zero-order chi connectivity index (χ0) is 23.6. The molecule has 0 unspecified atom stereocenters. The molecule has 6 N–H and O–H groups in total. The van der Waals surface area contributed by atoms with Crippen LogP contribution in [0.3, 0.4) is 0 Å². The Morgan fingerprint density at radius 3 is 2.79 bits per heavy atom. The smallest absolute Gasteiger partial charge is 0.280 e. The lowest BCUT2D eigenvalue weighted by atomic mass is 9.89. The van der Waals surface area contributed by atoms with Gasteiger partial charge in [0, 0.05) is 18.7 Å². The van der Waals surface area contributed by atoms with E-state index in [0.717, 1.165) is 42.1 Å². The number of rotatable bonds is 4. The normalized spacial score (nSPS) is 17.2. The molecule has 172 valence electrons. The number of aromatic nitrogens is 2. The molecule has 0 atom stereocenters. The number of halogens is 1. The zero-order valence-electron chi connectivity index (χ0n) is 17.9. The van der Waals surface area contributed by atoms with Crippen LogP contribution in [0.4, 0.5) is 11.6 Å². The Hall–Kier alpha value is -3.20. The Morgan fingerprint density at radius 1 is 1.33 bits per heavy atom. The number of aliphatic imine (C=N–C) groups is 1. The van der Waals surface area contributed by atoms with E-state index in [1.165, 1.54) is 0 Å². The lowest BCUT2D eigenvalue weighted by Crippen LogP contribution is -2.55. The first-order chi connectivity index (χ1) is 15.8. The van der Waals surface area contributed by atoms with Crippen molar-refractivity contribution < 1.29 is 9.53 Å². The Balaban J connectivity index is 1.34. The Bertz CT molecular complexity index is 1160. The highest BCUT2D eigenvalue weighted by Gasteiger charge is 2.39. The monoisotopic (exact) mass is 486 g/mol. The molecular formula is C21H23ClN8O2S. The predicted octanol–water partition coefficient (Wildman–Crippen LogP) is 1.52. The maximum Gasteiger partial charge on any atom is 0.280 e. The third-order valence-corrected chi connectivity index (χ3v) is 6.93. The van der Waals surface area contributed by atoms with Gasteiger partial charge in [-0.25, -0.2) is 14.3 Å². The number of methoxy groups -OCH3 is 1. The number of ether oxygens (including phenoxy) is 1. The highest BCUT2D eigenvalue weighted by atomic mass is 35.5. The van der Waals surface area contributed by atoms with Gasteiger partial charge in [-0.1, -0.05) is 17.5 Å². The zero-order valence-corrected chi connectivity index (χ0v) is 19.5. The molecule has 0 saturated carbocycles. The van der Waals surface area contributed by atoms with Crippen LogP contribution >= 0.6 is 23.5 Å². The molecule has 2 aliphatic heterocycles.